The number of aliphatic imine (C=N–C) groups is 1. The van der Waals surface area contributed by atoms with Crippen molar-refractivity contribution in [3.8, 4) is 5.75 Å². The number of hydrogen-bond donors (Lipinski definition) is 1. The molecule has 0 saturated carbocycles. The van der Waals surface area contributed by atoms with Gasteiger partial charge in [0.15, 0.2) is 12.6 Å². The van der Waals surface area contributed by atoms with E-state index in [-0.39, 0.29) is 18.0 Å². The quantitative estimate of drug-likeness (QED) is 0.607. The molecule has 156 valence electrons. The maximum Gasteiger partial charge on any atom is 0.422 e. The van der Waals surface area contributed by atoms with Crippen molar-refractivity contribution in [2.24, 2.45) is 4.99 Å². The van der Waals surface area contributed by atoms with Crippen LogP contribution in [0.3, 0.4) is 0 Å². The highest BCUT2D eigenvalue weighted by atomic mass is 19.4. The van der Waals surface area contributed by atoms with Crippen LogP contribution < -0.4 is 10.1 Å². The summed E-state index contributed by atoms with van der Waals surface area (Å²) < 4.78 is 53.9. The fourth-order valence-corrected chi connectivity index (χ4v) is 3.45. The lowest BCUT2D eigenvalue weighted by Crippen LogP contribution is -2.53. The molecule has 2 atom stereocenters. The summed E-state index contributed by atoms with van der Waals surface area (Å²) >= 11 is 0. The van der Waals surface area contributed by atoms with E-state index in [9.17, 15) is 13.2 Å². The summed E-state index contributed by atoms with van der Waals surface area (Å²) in [4.78, 5) is 6.41. The number of benzene rings is 1. The average Bonchev–Trinajstić information content (AvgIpc) is 3.22. The number of morpholine rings is 1. The predicted molar refractivity (Wildman–Crippen MR) is 98.5 cm³/mol. The number of hydrogen-bond acceptors (Lipinski definition) is 4. The van der Waals surface area contributed by atoms with Crippen LogP contribution in [0.25, 0.3) is 0 Å². The van der Waals surface area contributed by atoms with Crippen LogP contribution in [0, 0.1) is 0 Å². The first-order valence-corrected chi connectivity index (χ1v) is 9.42. The zero-order valence-electron chi connectivity index (χ0n) is 15.9. The van der Waals surface area contributed by atoms with Gasteiger partial charge < -0.3 is 24.4 Å². The molecule has 0 spiro atoms. The molecule has 1 aromatic rings. The van der Waals surface area contributed by atoms with Gasteiger partial charge in [-0.1, -0.05) is 18.2 Å². The van der Waals surface area contributed by atoms with Crippen LogP contribution >= 0.6 is 0 Å². The number of para-hydroxylation sites is 1. The molecular formula is C19H26F3N3O3. The lowest BCUT2D eigenvalue weighted by atomic mass is 10.1. The van der Waals surface area contributed by atoms with E-state index in [2.05, 4.69) is 15.2 Å². The molecule has 2 fully saturated rings. The van der Waals surface area contributed by atoms with Gasteiger partial charge in [0, 0.05) is 38.9 Å². The molecule has 0 aromatic heterocycles. The van der Waals surface area contributed by atoms with Crippen molar-refractivity contribution in [3.63, 3.8) is 0 Å². The van der Waals surface area contributed by atoms with Gasteiger partial charge in [-0.2, -0.15) is 13.2 Å². The van der Waals surface area contributed by atoms with Gasteiger partial charge in [-0.05, 0) is 18.9 Å². The van der Waals surface area contributed by atoms with Crippen LogP contribution in [0.15, 0.2) is 29.3 Å². The summed E-state index contributed by atoms with van der Waals surface area (Å²) in [5.41, 5.74) is 0.636. The summed E-state index contributed by atoms with van der Waals surface area (Å²) in [6.07, 6.45) is -2.22. The van der Waals surface area contributed by atoms with Gasteiger partial charge in [-0.25, -0.2) is 0 Å². The van der Waals surface area contributed by atoms with E-state index >= 15 is 0 Å². The van der Waals surface area contributed by atoms with Crippen molar-refractivity contribution in [2.75, 3.05) is 40.0 Å². The first-order valence-electron chi connectivity index (χ1n) is 9.42. The third kappa shape index (κ3) is 5.75. The van der Waals surface area contributed by atoms with Crippen molar-refractivity contribution in [1.29, 1.82) is 0 Å². The summed E-state index contributed by atoms with van der Waals surface area (Å²) in [6.45, 7) is 1.70. The molecule has 6 nitrogen and oxygen atoms in total. The standard InChI is InChI=1S/C19H26F3N3O3/c1-23-18(25-8-10-27-17(12-25)16-7-4-9-26-16)24-11-14-5-2-3-6-15(14)28-13-19(20,21)22/h2-3,5-6,16-17H,4,7-13H2,1H3,(H,23,24). The Morgan fingerprint density at radius 2 is 2.04 bits per heavy atom. The number of ether oxygens (including phenoxy) is 3. The smallest absolute Gasteiger partial charge is 0.422 e. The number of guanidine groups is 1. The normalized spacial score (nSPS) is 23.7. The molecule has 1 N–H and O–H groups in total. The van der Waals surface area contributed by atoms with E-state index in [4.69, 9.17) is 14.2 Å². The van der Waals surface area contributed by atoms with Crippen molar-refractivity contribution in [1.82, 2.24) is 10.2 Å². The van der Waals surface area contributed by atoms with Crippen LogP contribution in [-0.4, -0.2) is 69.2 Å². The zero-order valence-corrected chi connectivity index (χ0v) is 15.9. The predicted octanol–water partition coefficient (Wildman–Crippen LogP) is 2.58. The molecule has 0 bridgehead atoms. The molecule has 2 unspecified atom stereocenters. The van der Waals surface area contributed by atoms with Crippen molar-refractivity contribution in [2.45, 2.75) is 37.8 Å². The molecule has 2 aliphatic rings. The lowest BCUT2D eigenvalue weighted by molar-refractivity contribution is -0.153. The monoisotopic (exact) mass is 401 g/mol. The van der Waals surface area contributed by atoms with E-state index in [1.807, 2.05) is 0 Å². The molecule has 0 aliphatic carbocycles. The van der Waals surface area contributed by atoms with Crippen LogP contribution in [0.1, 0.15) is 18.4 Å². The van der Waals surface area contributed by atoms with Crippen LogP contribution in [-0.2, 0) is 16.0 Å². The molecule has 2 aliphatic heterocycles. The van der Waals surface area contributed by atoms with Gasteiger partial charge in [-0.3, -0.25) is 4.99 Å². The van der Waals surface area contributed by atoms with E-state index in [1.165, 1.54) is 6.07 Å². The fourth-order valence-electron chi connectivity index (χ4n) is 3.45. The minimum absolute atomic E-state index is 0.00259. The zero-order chi connectivity index (χ0) is 20.0. The average molecular weight is 401 g/mol. The number of alkyl halides is 3. The van der Waals surface area contributed by atoms with Crippen LogP contribution in [0.4, 0.5) is 13.2 Å². The summed E-state index contributed by atoms with van der Waals surface area (Å²) in [7, 11) is 1.69. The Morgan fingerprint density at radius 1 is 1.25 bits per heavy atom. The molecule has 3 rings (SSSR count). The van der Waals surface area contributed by atoms with Crippen LogP contribution in [0.5, 0.6) is 5.75 Å². The number of halogens is 3. The number of nitrogens with one attached hydrogen (secondary N) is 1. The number of nitrogens with zero attached hydrogens (tertiary/aromatic N) is 2. The Hall–Kier alpha value is -2.00. The Kier molecular flexibility index (Phi) is 7.01. The second kappa shape index (κ2) is 9.47. The van der Waals surface area contributed by atoms with Crippen LogP contribution in [0.2, 0.25) is 0 Å². The van der Waals surface area contributed by atoms with E-state index in [0.29, 0.717) is 37.8 Å². The maximum absolute atomic E-state index is 12.5. The molecule has 0 radical (unpaired) electrons. The van der Waals surface area contributed by atoms with Gasteiger partial charge in [-0.15, -0.1) is 0 Å². The fraction of sp³-hybridized carbons (Fsp3) is 0.632. The first-order chi connectivity index (χ1) is 13.5. The third-order valence-electron chi connectivity index (χ3n) is 4.79. The van der Waals surface area contributed by atoms with E-state index < -0.39 is 12.8 Å². The van der Waals surface area contributed by atoms with Gasteiger partial charge in [0.1, 0.15) is 11.9 Å². The van der Waals surface area contributed by atoms with Gasteiger partial charge in [0.05, 0.1) is 12.7 Å². The number of rotatable bonds is 5. The highest BCUT2D eigenvalue weighted by Crippen LogP contribution is 2.23. The van der Waals surface area contributed by atoms with E-state index in [1.54, 1.807) is 25.2 Å². The van der Waals surface area contributed by atoms with Crippen molar-refractivity contribution < 1.29 is 27.4 Å². The summed E-state index contributed by atoms with van der Waals surface area (Å²) in [5, 5.41) is 3.22. The maximum atomic E-state index is 12.5. The van der Waals surface area contributed by atoms with Gasteiger partial charge in [0.25, 0.3) is 0 Å². The largest absolute Gasteiger partial charge is 0.484 e. The van der Waals surface area contributed by atoms with Crippen molar-refractivity contribution >= 4 is 5.96 Å². The minimum atomic E-state index is -4.37. The molecule has 9 heteroatoms. The van der Waals surface area contributed by atoms with Crippen molar-refractivity contribution in [3.05, 3.63) is 29.8 Å². The Balaban J connectivity index is 1.58. The second-order valence-electron chi connectivity index (χ2n) is 6.82. The van der Waals surface area contributed by atoms with Gasteiger partial charge in [0.2, 0.25) is 0 Å². The highest BCUT2D eigenvalue weighted by Gasteiger charge is 2.32. The second-order valence-corrected chi connectivity index (χ2v) is 6.82. The Morgan fingerprint density at radius 3 is 2.75 bits per heavy atom. The molecule has 2 heterocycles. The lowest BCUT2D eigenvalue weighted by Gasteiger charge is -2.37. The molecule has 0 amide bonds. The minimum Gasteiger partial charge on any atom is -0.484 e. The molecule has 2 saturated heterocycles. The topological polar surface area (TPSA) is 55.3 Å². The molecule has 1 aromatic carbocycles. The van der Waals surface area contributed by atoms with E-state index in [0.717, 1.165) is 19.4 Å². The summed E-state index contributed by atoms with van der Waals surface area (Å²) in [6, 6.07) is 6.69. The highest BCUT2D eigenvalue weighted by molar-refractivity contribution is 5.80. The Bertz CT molecular complexity index is 663. The molecule has 28 heavy (non-hydrogen) atoms. The Labute approximate surface area is 162 Å². The van der Waals surface area contributed by atoms with Gasteiger partial charge >= 0.3 is 6.18 Å². The summed E-state index contributed by atoms with van der Waals surface area (Å²) in [5.74, 6) is 0.888. The third-order valence-corrected chi connectivity index (χ3v) is 4.79. The first kappa shape index (κ1) is 20.7. The SMILES string of the molecule is CN=C(NCc1ccccc1OCC(F)(F)F)N1CCOC(C2CCCO2)C1. The molecular weight excluding hydrogens is 375 g/mol.